The Hall–Kier alpha value is -0.0900. The van der Waals surface area contributed by atoms with Crippen molar-refractivity contribution < 1.29 is 8.42 Å². The van der Waals surface area contributed by atoms with Crippen molar-refractivity contribution in [2.45, 2.75) is 58.4 Å². The molecule has 3 nitrogen and oxygen atoms in total. The van der Waals surface area contributed by atoms with Gasteiger partial charge in [-0.1, -0.05) is 19.3 Å². The molecule has 0 spiro atoms. The van der Waals surface area contributed by atoms with Gasteiger partial charge in [0.2, 0.25) is 10.0 Å². The fraction of sp³-hybridized carbons (Fsp3) is 1.00. The van der Waals surface area contributed by atoms with E-state index in [-0.39, 0.29) is 5.54 Å². The molecular formula is C11H23NO2S. The van der Waals surface area contributed by atoms with Crippen LogP contribution >= 0.6 is 0 Å². The molecule has 15 heavy (non-hydrogen) atoms. The van der Waals surface area contributed by atoms with Crippen LogP contribution in [0.15, 0.2) is 0 Å². The Morgan fingerprint density at radius 2 is 1.67 bits per heavy atom. The minimum Gasteiger partial charge on any atom is -0.212 e. The minimum absolute atomic E-state index is 0.310. The van der Waals surface area contributed by atoms with Gasteiger partial charge >= 0.3 is 0 Å². The first kappa shape index (κ1) is 13.0. The predicted molar refractivity (Wildman–Crippen MR) is 63.3 cm³/mol. The van der Waals surface area contributed by atoms with Crippen LogP contribution in [-0.4, -0.2) is 19.7 Å². The van der Waals surface area contributed by atoms with Crippen LogP contribution in [0, 0.1) is 5.92 Å². The summed E-state index contributed by atoms with van der Waals surface area (Å²) < 4.78 is 26.3. The van der Waals surface area contributed by atoms with E-state index in [4.69, 9.17) is 0 Å². The van der Waals surface area contributed by atoms with Crippen molar-refractivity contribution in [2.75, 3.05) is 5.75 Å². The van der Waals surface area contributed by atoms with Crippen molar-refractivity contribution in [3.05, 3.63) is 0 Å². The molecule has 0 heterocycles. The average Bonchev–Trinajstić information content (AvgIpc) is 1.99. The van der Waals surface area contributed by atoms with Gasteiger partial charge in [-0.25, -0.2) is 13.1 Å². The van der Waals surface area contributed by atoms with Crippen LogP contribution in [-0.2, 0) is 10.0 Å². The van der Waals surface area contributed by atoms with Crippen LogP contribution in [0.4, 0.5) is 0 Å². The van der Waals surface area contributed by atoms with Crippen LogP contribution < -0.4 is 4.72 Å². The van der Waals surface area contributed by atoms with Gasteiger partial charge in [0.05, 0.1) is 5.75 Å². The van der Waals surface area contributed by atoms with Gasteiger partial charge < -0.3 is 0 Å². The summed E-state index contributed by atoms with van der Waals surface area (Å²) in [7, 11) is -3.09. The van der Waals surface area contributed by atoms with E-state index in [2.05, 4.69) is 4.72 Å². The molecule has 1 aliphatic rings. The number of hydrogen-bond acceptors (Lipinski definition) is 2. The highest BCUT2D eigenvalue weighted by molar-refractivity contribution is 7.89. The zero-order chi connectivity index (χ0) is 11.5. The van der Waals surface area contributed by atoms with E-state index in [0.717, 1.165) is 12.8 Å². The molecule has 1 saturated carbocycles. The third kappa shape index (κ3) is 5.52. The summed E-state index contributed by atoms with van der Waals surface area (Å²) in [5.74, 6) is 0.683. The van der Waals surface area contributed by atoms with E-state index in [9.17, 15) is 8.42 Å². The molecular weight excluding hydrogens is 210 g/mol. The first-order chi connectivity index (χ1) is 6.79. The lowest BCUT2D eigenvalue weighted by molar-refractivity contribution is 0.381. The lowest BCUT2D eigenvalue weighted by Gasteiger charge is -2.25. The highest BCUT2D eigenvalue weighted by atomic mass is 32.2. The van der Waals surface area contributed by atoms with E-state index in [0.29, 0.717) is 11.7 Å². The molecule has 0 radical (unpaired) electrons. The quantitative estimate of drug-likeness (QED) is 0.813. The molecule has 4 heteroatoms. The van der Waals surface area contributed by atoms with Gasteiger partial charge in [0.15, 0.2) is 0 Å². The van der Waals surface area contributed by atoms with Crippen molar-refractivity contribution in [3.63, 3.8) is 0 Å². The van der Waals surface area contributed by atoms with Crippen LogP contribution in [0.2, 0.25) is 0 Å². The standard InChI is InChI=1S/C11H23NO2S/c1-11(2,3)12-15(13,14)9-10-7-5-4-6-8-10/h10,12H,4-9H2,1-3H3. The van der Waals surface area contributed by atoms with E-state index >= 15 is 0 Å². The maximum atomic E-state index is 11.8. The number of hydrogen-bond donors (Lipinski definition) is 1. The Balaban J connectivity index is 2.48. The molecule has 1 N–H and O–H groups in total. The summed E-state index contributed by atoms with van der Waals surface area (Å²) in [6, 6.07) is 0. The summed E-state index contributed by atoms with van der Waals surface area (Å²) >= 11 is 0. The van der Waals surface area contributed by atoms with E-state index in [1.54, 1.807) is 0 Å². The largest absolute Gasteiger partial charge is 0.212 e. The zero-order valence-electron chi connectivity index (χ0n) is 10.0. The second-order valence-electron chi connectivity index (χ2n) is 5.64. The molecule has 0 atom stereocenters. The maximum Gasteiger partial charge on any atom is 0.212 e. The molecule has 0 aliphatic heterocycles. The second kappa shape index (κ2) is 4.83. The molecule has 0 unspecified atom stereocenters. The topological polar surface area (TPSA) is 46.2 Å². The molecule has 0 bridgehead atoms. The summed E-state index contributed by atoms with van der Waals surface area (Å²) in [5, 5.41) is 0. The van der Waals surface area contributed by atoms with Crippen LogP contribution in [0.25, 0.3) is 0 Å². The van der Waals surface area contributed by atoms with E-state index < -0.39 is 10.0 Å². The summed E-state index contributed by atoms with van der Waals surface area (Å²) in [6.45, 7) is 5.64. The van der Waals surface area contributed by atoms with Gasteiger partial charge in [-0.05, 0) is 39.5 Å². The summed E-state index contributed by atoms with van der Waals surface area (Å²) in [5.41, 5.74) is -0.354. The Morgan fingerprint density at radius 1 is 1.13 bits per heavy atom. The van der Waals surface area contributed by atoms with Crippen molar-refractivity contribution in [2.24, 2.45) is 5.92 Å². The lowest BCUT2D eigenvalue weighted by atomic mass is 9.91. The van der Waals surface area contributed by atoms with Crippen molar-refractivity contribution in [1.29, 1.82) is 0 Å². The molecule has 0 aromatic heterocycles. The highest BCUT2D eigenvalue weighted by Gasteiger charge is 2.24. The van der Waals surface area contributed by atoms with Gasteiger partial charge in [0, 0.05) is 5.54 Å². The van der Waals surface area contributed by atoms with Crippen molar-refractivity contribution >= 4 is 10.0 Å². The predicted octanol–water partition coefficient (Wildman–Crippen LogP) is 2.28. The zero-order valence-corrected chi connectivity index (χ0v) is 10.9. The summed E-state index contributed by atoms with van der Waals surface area (Å²) in [6.07, 6.45) is 5.80. The number of nitrogens with one attached hydrogen (secondary N) is 1. The number of sulfonamides is 1. The Morgan fingerprint density at radius 3 is 2.13 bits per heavy atom. The van der Waals surface area contributed by atoms with Crippen molar-refractivity contribution in [1.82, 2.24) is 4.72 Å². The third-order valence-electron chi connectivity index (χ3n) is 2.64. The third-order valence-corrected chi connectivity index (χ3v) is 4.48. The van der Waals surface area contributed by atoms with E-state index in [1.807, 2.05) is 20.8 Å². The number of rotatable bonds is 3. The maximum absolute atomic E-state index is 11.8. The normalized spacial score (nSPS) is 20.5. The van der Waals surface area contributed by atoms with Gasteiger partial charge in [-0.2, -0.15) is 0 Å². The van der Waals surface area contributed by atoms with Crippen LogP contribution in [0.3, 0.4) is 0 Å². The molecule has 0 aromatic rings. The van der Waals surface area contributed by atoms with Crippen LogP contribution in [0.5, 0.6) is 0 Å². The van der Waals surface area contributed by atoms with Gasteiger partial charge in [-0.3, -0.25) is 0 Å². The van der Waals surface area contributed by atoms with Gasteiger partial charge in [0.25, 0.3) is 0 Å². The fourth-order valence-electron chi connectivity index (χ4n) is 2.17. The lowest BCUT2D eigenvalue weighted by Crippen LogP contribution is -2.43. The molecule has 1 rings (SSSR count). The fourth-order valence-corrected chi connectivity index (χ4v) is 4.14. The molecule has 1 fully saturated rings. The summed E-state index contributed by atoms with van der Waals surface area (Å²) in [4.78, 5) is 0. The molecule has 90 valence electrons. The Labute approximate surface area is 93.7 Å². The van der Waals surface area contributed by atoms with Crippen LogP contribution in [0.1, 0.15) is 52.9 Å². The van der Waals surface area contributed by atoms with Gasteiger partial charge in [0.1, 0.15) is 0 Å². The molecule has 1 aliphatic carbocycles. The highest BCUT2D eigenvalue weighted by Crippen LogP contribution is 2.24. The first-order valence-corrected chi connectivity index (χ1v) is 7.45. The SMILES string of the molecule is CC(C)(C)NS(=O)(=O)CC1CCCCC1. The smallest absolute Gasteiger partial charge is 0.212 e. The van der Waals surface area contributed by atoms with Crippen molar-refractivity contribution in [3.8, 4) is 0 Å². The monoisotopic (exact) mass is 233 g/mol. The molecule has 0 aromatic carbocycles. The van der Waals surface area contributed by atoms with Gasteiger partial charge in [-0.15, -0.1) is 0 Å². The Kier molecular flexibility index (Phi) is 4.18. The minimum atomic E-state index is -3.09. The first-order valence-electron chi connectivity index (χ1n) is 5.80. The molecule has 0 amide bonds. The van der Waals surface area contributed by atoms with E-state index in [1.165, 1.54) is 19.3 Å². The Bertz CT molecular complexity index is 284. The average molecular weight is 233 g/mol. The molecule has 0 saturated heterocycles. The second-order valence-corrected chi connectivity index (χ2v) is 7.40.